The molecule has 0 bridgehead atoms. The minimum absolute atomic E-state index is 0. The van der Waals surface area contributed by atoms with E-state index in [0.29, 0.717) is 30.0 Å². The fourth-order valence-corrected chi connectivity index (χ4v) is 3.74. The Hall–Kier alpha value is -0.750. The number of morpholine rings is 1. The normalized spacial score (nSPS) is 27.7. The highest BCUT2D eigenvalue weighted by molar-refractivity contribution is 5.85. The highest BCUT2D eigenvalue weighted by Crippen LogP contribution is 2.29. The number of hydrogen-bond donors (Lipinski definition) is 2. The van der Waals surface area contributed by atoms with Gasteiger partial charge in [-0.3, -0.25) is 0 Å². The Morgan fingerprint density at radius 1 is 1.17 bits per heavy atom. The number of hydrogen-bond acceptors (Lipinski definition) is 3. The molecule has 2 fully saturated rings. The van der Waals surface area contributed by atoms with Gasteiger partial charge in [0.05, 0.1) is 13.2 Å². The lowest BCUT2D eigenvalue weighted by molar-refractivity contribution is 0.0526. The van der Waals surface area contributed by atoms with Gasteiger partial charge in [-0.15, -0.1) is 12.4 Å². The number of benzene rings is 1. The lowest BCUT2D eigenvalue weighted by Gasteiger charge is -2.33. The summed E-state index contributed by atoms with van der Waals surface area (Å²) in [5, 5.41) is 7.13. The number of nitrogens with one attached hydrogen (secondary N) is 2. The largest absolute Gasteiger partial charge is 0.379 e. The third-order valence-corrected chi connectivity index (χ3v) is 4.78. The molecule has 3 atom stereocenters. The first-order valence-corrected chi connectivity index (χ1v) is 8.22. The van der Waals surface area contributed by atoms with E-state index in [0.717, 1.165) is 32.4 Å². The summed E-state index contributed by atoms with van der Waals surface area (Å²) in [5.41, 5.74) is 0.707. The van der Waals surface area contributed by atoms with Crippen molar-refractivity contribution in [3.63, 3.8) is 0 Å². The van der Waals surface area contributed by atoms with Crippen molar-refractivity contribution in [2.24, 2.45) is 5.92 Å². The van der Waals surface area contributed by atoms with Crippen molar-refractivity contribution in [1.29, 1.82) is 0 Å². The van der Waals surface area contributed by atoms with E-state index in [9.17, 15) is 8.78 Å². The molecule has 3 unspecified atom stereocenters. The Morgan fingerprint density at radius 3 is 2.65 bits per heavy atom. The fourth-order valence-electron chi connectivity index (χ4n) is 3.74. The first-order chi connectivity index (χ1) is 10.7. The molecular formula is C17H25ClF2N2O. The lowest BCUT2D eigenvalue weighted by atomic mass is 9.94. The zero-order valence-electron chi connectivity index (χ0n) is 13.2. The van der Waals surface area contributed by atoms with Crippen LogP contribution in [-0.4, -0.2) is 38.4 Å². The van der Waals surface area contributed by atoms with Gasteiger partial charge in [0.2, 0.25) is 0 Å². The van der Waals surface area contributed by atoms with Gasteiger partial charge in [-0.1, -0.05) is 6.42 Å². The van der Waals surface area contributed by atoms with Crippen molar-refractivity contribution in [2.45, 2.75) is 37.8 Å². The molecule has 3 nitrogen and oxygen atoms in total. The van der Waals surface area contributed by atoms with Gasteiger partial charge in [-0.05, 0) is 49.4 Å². The molecule has 0 aromatic heterocycles. The Balaban J connectivity index is 0.00000192. The van der Waals surface area contributed by atoms with E-state index in [1.807, 2.05) is 0 Å². The second kappa shape index (κ2) is 8.92. The summed E-state index contributed by atoms with van der Waals surface area (Å²) in [4.78, 5) is 0. The summed E-state index contributed by atoms with van der Waals surface area (Å²) >= 11 is 0. The maximum atomic E-state index is 13.2. The first-order valence-electron chi connectivity index (χ1n) is 8.22. The third-order valence-electron chi connectivity index (χ3n) is 4.78. The minimum Gasteiger partial charge on any atom is -0.379 e. The van der Waals surface area contributed by atoms with Gasteiger partial charge in [-0.25, -0.2) is 8.78 Å². The van der Waals surface area contributed by atoms with Crippen LogP contribution in [0.3, 0.4) is 0 Å². The fraction of sp³-hybridized carbons (Fsp3) is 0.647. The van der Waals surface area contributed by atoms with Crippen LogP contribution in [0.1, 0.15) is 24.8 Å². The van der Waals surface area contributed by atoms with Crippen LogP contribution in [0.5, 0.6) is 0 Å². The second-order valence-corrected chi connectivity index (χ2v) is 6.32. The summed E-state index contributed by atoms with van der Waals surface area (Å²) in [5.74, 6) is -0.417. The van der Waals surface area contributed by atoms with Crippen LogP contribution in [0.15, 0.2) is 18.2 Å². The Morgan fingerprint density at radius 2 is 1.96 bits per heavy atom. The molecule has 2 aliphatic rings. The topological polar surface area (TPSA) is 33.3 Å². The molecule has 130 valence electrons. The van der Waals surface area contributed by atoms with E-state index in [2.05, 4.69) is 10.6 Å². The zero-order valence-corrected chi connectivity index (χ0v) is 14.0. The van der Waals surface area contributed by atoms with E-state index < -0.39 is 11.6 Å². The van der Waals surface area contributed by atoms with Gasteiger partial charge in [0.1, 0.15) is 11.6 Å². The van der Waals surface area contributed by atoms with Crippen LogP contribution in [0.2, 0.25) is 0 Å². The van der Waals surface area contributed by atoms with Gasteiger partial charge in [0.15, 0.2) is 0 Å². The van der Waals surface area contributed by atoms with Crippen LogP contribution >= 0.6 is 12.4 Å². The standard InChI is InChI=1S/C17H24F2N2O.ClH/c18-13-8-12(9-14(19)10-13)4-5-20-16-3-1-2-15(16)17-11-22-7-6-21-17;/h8-10,15-17,20-21H,1-7,11H2;1H. The van der Waals surface area contributed by atoms with E-state index in [1.54, 1.807) is 0 Å². The molecule has 1 saturated carbocycles. The number of halogens is 3. The molecule has 6 heteroatoms. The summed E-state index contributed by atoms with van der Waals surface area (Å²) in [7, 11) is 0. The average Bonchev–Trinajstić information content (AvgIpc) is 2.96. The maximum Gasteiger partial charge on any atom is 0.126 e. The Labute approximate surface area is 142 Å². The smallest absolute Gasteiger partial charge is 0.126 e. The van der Waals surface area contributed by atoms with Crippen molar-refractivity contribution >= 4 is 12.4 Å². The van der Waals surface area contributed by atoms with Gasteiger partial charge in [0, 0.05) is 24.7 Å². The molecule has 0 amide bonds. The maximum absolute atomic E-state index is 13.2. The summed E-state index contributed by atoms with van der Waals surface area (Å²) in [6.45, 7) is 3.26. The molecule has 1 saturated heterocycles. The number of ether oxygens (including phenoxy) is 1. The molecule has 1 aromatic carbocycles. The molecule has 1 heterocycles. The average molecular weight is 347 g/mol. The van der Waals surface area contributed by atoms with Crippen LogP contribution in [0, 0.1) is 17.6 Å². The quantitative estimate of drug-likeness (QED) is 0.860. The Kier molecular flexibility index (Phi) is 7.21. The first kappa shape index (κ1) is 18.6. The minimum atomic E-state index is -0.503. The summed E-state index contributed by atoms with van der Waals surface area (Å²) in [6, 6.07) is 4.64. The van der Waals surface area contributed by atoms with Crippen molar-refractivity contribution in [3.05, 3.63) is 35.4 Å². The molecule has 2 N–H and O–H groups in total. The van der Waals surface area contributed by atoms with Crippen LogP contribution in [0.25, 0.3) is 0 Å². The highest BCUT2D eigenvalue weighted by atomic mass is 35.5. The molecule has 1 aliphatic heterocycles. The van der Waals surface area contributed by atoms with Crippen molar-refractivity contribution in [2.75, 3.05) is 26.3 Å². The lowest BCUT2D eigenvalue weighted by Crippen LogP contribution is -2.51. The highest BCUT2D eigenvalue weighted by Gasteiger charge is 2.34. The predicted molar refractivity (Wildman–Crippen MR) is 89.1 cm³/mol. The molecule has 3 rings (SSSR count). The van der Waals surface area contributed by atoms with Crippen molar-refractivity contribution < 1.29 is 13.5 Å². The van der Waals surface area contributed by atoms with Crippen LogP contribution in [-0.2, 0) is 11.2 Å². The molecular weight excluding hydrogens is 322 g/mol. The SMILES string of the molecule is Cl.Fc1cc(F)cc(CCNC2CCCC2C2COCCN2)c1. The van der Waals surface area contributed by atoms with E-state index in [1.165, 1.54) is 31.4 Å². The van der Waals surface area contributed by atoms with Crippen LogP contribution in [0.4, 0.5) is 8.78 Å². The van der Waals surface area contributed by atoms with E-state index in [-0.39, 0.29) is 12.4 Å². The molecule has 0 radical (unpaired) electrons. The molecule has 0 spiro atoms. The molecule has 1 aromatic rings. The summed E-state index contributed by atoms with van der Waals surface area (Å²) in [6.07, 6.45) is 4.26. The second-order valence-electron chi connectivity index (χ2n) is 6.32. The van der Waals surface area contributed by atoms with Crippen LogP contribution < -0.4 is 10.6 Å². The number of rotatable bonds is 5. The van der Waals surface area contributed by atoms with E-state index >= 15 is 0 Å². The predicted octanol–water partition coefficient (Wildman–Crippen LogP) is 2.68. The van der Waals surface area contributed by atoms with Gasteiger partial charge in [0.25, 0.3) is 0 Å². The van der Waals surface area contributed by atoms with Gasteiger partial charge < -0.3 is 15.4 Å². The van der Waals surface area contributed by atoms with Gasteiger partial charge in [-0.2, -0.15) is 0 Å². The monoisotopic (exact) mass is 346 g/mol. The van der Waals surface area contributed by atoms with Crippen molar-refractivity contribution in [3.8, 4) is 0 Å². The Bertz CT molecular complexity index is 477. The van der Waals surface area contributed by atoms with Crippen molar-refractivity contribution in [1.82, 2.24) is 10.6 Å². The zero-order chi connectivity index (χ0) is 15.4. The molecule has 1 aliphatic carbocycles. The van der Waals surface area contributed by atoms with Gasteiger partial charge >= 0.3 is 0 Å². The summed E-state index contributed by atoms with van der Waals surface area (Å²) < 4.78 is 31.9. The van der Waals surface area contributed by atoms with E-state index in [4.69, 9.17) is 4.74 Å². The molecule has 23 heavy (non-hydrogen) atoms. The third kappa shape index (κ3) is 5.11.